The van der Waals surface area contributed by atoms with Crippen molar-refractivity contribution in [2.75, 3.05) is 18.9 Å². The topological polar surface area (TPSA) is 109 Å². The Labute approximate surface area is 116 Å². The molecule has 1 rings (SSSR count). The highest BCUT2D eigenvalue weighted by Gasteiger charge is 2.27. The lowest BCUT2D eigenvalue weighted by atomic mass is 10.2. The molecule has 0 aliphatic carbocycles. The van der Waals surface area contributed by atoms with Crippen LogP contribution in [0.3, 0.4) is 0 Å². The Hall–Kier alpha value is -2.56. The van der Waals surface area contributed by atoms with E-state index in [0.717, 1.165) is 4.68 Å². The van der Waals surface area contributed by atoms with Gasteiger partial charge in [-0.15, -0.1) is 11.5 Å². The summed E-state index contributed by atoms with van der Waals surface area (Å²) >= 11 is 0. The van der Waals surface area contributed by atoms with Crippen molar-refractivity contribution in [2.24, 2.45) is 0 Å². The number of nitrogens with zero attached hydrogens (tertiary/aromatic N) is 3. The summed E-state index contributed by atoms with van der Waals surface area (Å²) in [6.07, 6.45) is 5.38. The minimum absolute atomic E-state index is 0.0482. The largest absolute Gasteiger partial charge is 0.461 e. The molecule has 0 aliphatic heterocycles. The molecule has 108 valence electrons. The van der Waals surface area contributed by atoms with E-state index in [4.69, 9.17) is 21.6 Å². The average Bonchev–Trinajstić information content (AvgIpc) is 2.80. The number of hydrogen-bond donors (Lipinski definition) is 1. The summed E-state index contributed by atoms with van der Waals surface area (Å²) in [5.74, 6) is 0.865. The highest BCUT2D eigenvalue weighted by molar-refractivity contribution is 5.92. The van der Waals surface area contributed by atoms with Crippen molar-refractivity contribution >= 4 is 17.8 Å². The van der Waals surface area contributed by atoms with E-state index >= 15 is 0 Å². The van der Waals surface area contributed by atoms with E-state index in [-0.39, 0.29) is 24.7 Å². The summed E-state index contributed by atoms with van der Waals surface area (Å²) in [5.41, 5.74) is 5.64. The molecular formula is C12H16N4O4. The standard InChI is InChI=1S/C12H16N4O4/c1-4-7-20-11(17)8(5-2)16-10(13)9(14-15-16)12(18)19-6-3/h1,8H,5-7,13H2,2-3H3. The fourth-order valence-corrected chi connectivity index (χ4v) is 1.52. The third-order valence-electron chi connectivity index (χ3n) is 2.45. The molecule has 0 saturated carbocycles. The van der Waals surface area contributed by atoms with Crippen molar-refractivity contribution in [2.45, 2.75) is 26.3 Å². The number of esters is 2. The van der Waals surface area contributed by atoms with Crippen molar-refractivity contribution in [3.8, 4) is 12.3 Å². The van der Waals surface area contributed by atoms with Crippen LogP contribution in [0.5, 0.6) is 0 Å². The summed E-state index contributed by atoms with van der Waals surface area (Å²) in [4.78, 5) is 23.4. The molecule has 8 nitrogen and oxygen atoms in total. The van der Waals surface area contributed by atoms with Crippen LogP contribution in [-0.4, -0.2) is 40.1 Å². The lowest BCUT2D eigenvalue weighted by Gasteiger charge is -2.14. The van der Waals surface area contributed by atoms with Crippen LogP contribution in [0.1, 0.15) is 36.8 Å². The maximum atomic E-state index is 11.8. The van der Waals surface area contributed by atoms with Crippen LogP contribution in [0.4, 0.5) is 5.82 Å². The number of nitrogens with two attached hydrogens (primary N) is 1. The molecule has 1 heterocycles. The van der Waals surface area contributed by atoms with Crippen LogP contribution in [0.25, 0.3) is 0 Å². The van der Waals surface area contributed by atoms with E-state index in [2.05, 4.69) is 16.2 Å². The van der Waals surface area contributed by atoms with E-state index in [1.807, 2.05) is 0 Å². The fourth-order valence-electron chi connectivity index (χ4n) is 1.52. The lowest BCUT2D eigenvalue weighted by molar-refractivity contribution is -0.146. The van der Waals surface area contributed by atoms with Crippen molar-refractivity contribution in [1.29, 1.82) is 0 Å². The SMILES string of the molecule is C#CCOC(=O)C(CC)n1nnc(C(=O)OCC)c1N. The predicted molar refractivity (Wildman–Crippen MR) is 69.5 cm³/mol. The number of rotatable bonds is 6. The molecule has 8 heteroatoms. The fraction of sp³-hybridized carbons (Fsp3) is 0.500. The van der Waals surface area contributed by atoms with Gasteiger partial charge in [0.2, 0.25) is 5.69 Å². The zero-order chi connectivity index (χ0) is 15.1. The van der Waals surface area contributed by atoms with Crippen LogP contribution in [0.2, 0.25) is 0 Å². The number of nitrogen functional groups attached to an aromatic ring is 1. The first-order chi connectivity index (χ1) is 9.56. The number of ether oxygens (including phenoxy) is 2. The van der Waals surface area contributed by atoms with Gasteiger partial charge in [-0.3, -0.25) is 0 Å². The molecule has 0 aliphatic rings. The van der Waals surface area contributed by atoms with Gasteiger partial charge in [0.05, 0.1) is 6.61 Å². The van der Waals surface area contributed by atoms with Gasteiger partial charge in [0.25, 0.3) is 0 Å². The zero-order valence-electron chi connectivity index (χ0n) is 11.3. The quantitative estimate of drug-likeness (QED) is 0.584. The minimum atomic E-state index is -0.793. The van der Waals surface area contributed by atoms with Gasteiger partial charge in [0, 0.05) is 0 Å². The second-order valence-corrected chi connectivity index (χ2v) is 3.72. The molecule has 1 unspecified atom stereocenters. The normalized spacial score (nSPS) is 11.4. The van der Waals surface area contributed by atoms with Gasteiger partial charge in [0.15, 0.2) is 18.5 Å². The van der Waals surface area contributed by atoms with Crippen LogP contribution >= 0.6 is 0 Å². The summed E-state index contributed by atoms with van der Waals surface area (Å²) in [6.45, 7) is 3.44. The lowest BCUT2D eigenvalue weighted by Crippen LogP contribution is -2.24. The number of carbonyl (C=O) groups excluding carboxylic acids is 2. The van der Waals surface area contributed by atoms with Gasteiger partial charge in [-0.05, 0) is 13.3 Å². The smallest absolute Gasteiger partial charge is 0.362 e. The monoisotopic (exact) mass is 280 g/mol. The van der Waals surface area contributed by atoms with E-state index in [1.54, 1.807) is 13.8 Å². The maximum Gasteiger partial charge on any atom is 0.362 e. The first kappa shape index (κ1) is 15.5. The molecule has 0 bridgehead atoms. The van der Waals surface area contributed by atoms with Gasteiger partial charge < -0.3 is 15.2 Å². The predicted octanol–water partition coefficient (Wildman–Crippen LogP) is 0.164. The molecule has 1 aromatic heterocycles. The molecule has 0 saturated heterocycles. The molecule has 0 amide bonds. The van der Waals surface area contributed by atoms with Gasteiger partial charge in [-0.2, -0.15) is 0 Å². The van der Waals surface area contributed by atoms with E-state index in [1.165, 1.54) is 0 Å². The number of terminal acetylenes is 1. The van der Waals surface area contributed by atoms with Crippen LogP contribution in [0.15, 0.2) is 0 Å². The third-order valence-corrected chi connectivity index (χ3v) is 2.45. The Morgan fingerprint density at radius 2 is 2.15 bits per heavy atom. The highest BCUT2D eigenvalue weighted by Crippen LogP contribution is 2.19. The summed E-state index contributed by atoms with van der Waals surface area (Å²) in [7, 11) is 0. The Morgan fingerprint density at radius 1 is 1.45 bits per heavy atom. The van der Waals surface area contributed by atoms with Gasteiger partial charge in [-0.1, -0.05) is 18.1 Å². The minimum Gasteiger partial charge on any atom is -0.461 e. The first-order valence-corrected chi connectivity index (χ1v) is 6.04. The molecular weight excluding hydrogens is 264 g/mol. The van der Waals surface area contributed by atoms with Crippen molar-refractivity contribution in [3.05, 3.63) is 5.69 Å². The number of hydrogen-bond acceptors (Lipinski definition) is 7. The molecule has 1 aromatic rings. The molecule has 0 spiro atoms. The zero-order valence-corrected chi connectivity index (χ0v) is 11.3. The van der Waals surface area contributed by atoms with Crippen molar-refractivity contribution in [3.63, 3.8) is 0 Å². The highest BCUT2D eigenvalue weighted by atomic mass is 16.5. The van der Waals surface area contributed by atoms with Crippen LogP contribution < -0.4 is 5.73 Å². The molecule has 0 fully saturated rings. The Bertz CT molecular complexity index is 532. The third kappa shape index (κ3) is 3.26. The van der Waals surface area contributed by atoms with E-state index in [0.29, 0.717) is 6.42 Å². The Balaban J connectivity index is 2.97. The molecule has 2 N–H and O–H groups in total. The van der Waals surface area contributed by atoms with Crippen molar-refractivity contribution in [1.82, 2.24) is 15.0 Å². The second kappa shape index (κ2) is 7.13. The van der Waals surface area contributed by atoms with Gasteiger partial charge in [0.1, 0.15) is 0 Å². The molecule has 0 radical (unpaired) electrons. The van der Waals surface area contributed by atoms with Crippen molar-refractivity contribution < 1.29 is 19.1 Å². The molecule has 20 heavy (non-hydrogen) atoms. The Morgan fingerprint density at radius 3 is 2.70 bits per heavy atom. The van der Waals surface area contributed by atoms with Gasteiger partial charge >= 0.3 is 11.9 Å². The van der Waals surface area contributed by atoms with Gasteiger partial charge in [-0.25, -0.2) is 14.3 Å². The summed E-state index contributed by atoms with van der Waals surface area (Å²) in [6, 6.07) is -0.793. The second-order valence-electron chi connectivity index (χ2n) is 3.72. The average molecular weight is 280 g/mol. The number of anilines is 1. The summed E-state index contributed by atoms with van der Waals surface area (Å²) in [5, 5.41) is 7.34. The van der Waals surface area contributed by atoms with E-state index < -0.39 is 18.0 Å². The molecule has 1 atom stereocenters. The van der Waals surface area contributed by atoms with Crippen LogP contribution in [0, 0.1) is 12.3 Å². The number of carbonyl (C=O) groups is 2. The summed E-state index contributed by atoms with van der Waals surface area (Å²) < 4.78 is 10.7. The first-order valence-electron chi connectivity index (χ1n) is 6.04. The Kier molecular flexibility index (Phi) is 5.53. The molecule has 0 aromatic carbocycles. The number of aromatic nitrogens is 3. The van der Waals surface area contributed by atoms with Crippen LogP contribution in [-0.2, 0) is 14.3 Å². The maximum absolute atomic E-state index is 11.8. The van der Waals surface area contributed by atoms with E-state index in [9.17, 15) is 9.59 Å².